The van der Waals surface area contributed by atoms with E-state index in [0.717, 1.165) is 12.8 Å². The average molecular weight is 201 g/mol. The summed E-state index contributed by atoms with van der Waals surface area (Å²) in [7, 11) is -3.26. The summed E-state index contributed by atoms with van der Waals surface area (Å²) < 4.78 is 24.2. The van der Waals surface area contributed by atoms with Crippen molar-refractivity contribution in [3.05, 3.63) is 0 Å². The van der Waals surface area contributed by atoms with Gasteiger partial charge >= 0.3 is 0 Å². The van der Waals surface area contributed by atoms with Gasteiger partial charge in [-0.05, 0) is 25.7 Å². The standard InChI is InChI=1S/C8H11NO3S/c10-7-6-2-1-5-9(6)13(11,12)8(7)3-4-8/h6H,1-5H2. The van der Waals surface area contributed by atoms with Gasteiger partial charge in [-0.1, -0.05) is 0 Å². The second-order valence-electron chi connectivity index (χ2n) is 4.13. The number of sulfonamides is 1. The van der Waals surface area contributed by atoms with Crippen molar-refractivity contribution in [2.24, 2.45) is 0 Å². The van der Waals surface area contributed by atoms with Gasteiger partial charge in [-0.25, -0.2) is 8.42 Å². The first kappa shape index (κ1) is 7.94. The number of nitrogens with zero attached hydrogens (tertiary/aromatic N) is 1. The quantitative estimate of drug-likeness (QED) is 0.549. The number of hydrogen-bond donors (Lipinski definition) is 0. The van der Waals surface area contributed by atoms with E-state index in [1.165, 1.54) is 4.31 Å². The number of ketones is 1. The molecule has 72 valence electrons. The normalized spacial score (nSPS) is 39.7. The van der Waals surface area contributed by atoms with Gasteiger partial charge in [0.05, 0.1) is 6.04 Å². The van der Waals surface area contributed by atoms with Gasteiger partial charge in [0, 0.05) is 6.54 Å². The first-order valence-corrected chi connectivity index (χ1v) is 6.09. The fourth-order valence-electron chi connectivity index (χ4n) is 2.56. The van der Waals surface area contributed by atoms with Gasteiger partial charge in [0.15, 0.2) is 5.78 Å². The SMILES string of the molecule is O=C1C2CCCN2S(=O)(=O)C12CC2. The van der Waals surface area contributed by atoms with Gasteiger partial charge in [0.1, 0.15) is 4.75 Å². The van der Waals surface area contributed by atoms with E-state index in [1.54, 1.807) is 0 Å². The molecule has 4 nitrogen and oxygen atoms in total. The predicted molar refractivity (Wildman–Crippen MR) is 45.6 cm³/mol. The third kappa shape index (κ3) is 0.678. The maximum Gasteiger partial charge on any atom is 0.227 e. The summed E-state index contributed by atoms with van der Waals surface area (Å²) in [4.78, 5) is 11.8. The lowest BCUT2D eigenvalue weighted by atomic mass is 10.1. The van der Waals surface area contributed by atoms with Crippen molar-refractivity contribution in [2.45, 2.75) is 36.5 Å². The van der Waals surface area contributed by atoms with Crippen molar-refractivity contribution < 1.29 is 13.2 Å². The fraction of sp³-hybridized carbons (Fsp3) is 0.875. The van der Waals surface area contributed by atoms with Gasteiger partial charge in [0.25, 0.3) is 0 Å². The molecule has 1 atom stereocenters. The molecule has 3 aliphatic rings. The second-order valence-corrected chi connectivity index (χ2v) is 6.33. The Morgan fingerprint density at radius 1 is 1.38 bits per heavy atom. The summed E-state index contributed by atoms with van der Waals surface area (Å²) in [6, 6.07) is -0.299. The molecule has 3 fully saturated rings. The molecular formula is C8H11NO3S. The third-order valence-corrected chi connectivity index (χ3v) is 6.11. The number of fused-ring (bicyclic) bond motifs is 1. The number of carbonyl (C=O) groups excluding carboxylic acids is 1. The van der Waals surface area contributed by atoms with Crippen LogP contribution >= 0.6 is 0 Å². The molecule has 1 unspecified atom stereocenters. The summed E-state index contributed by atoms with van der Waals surface area (Å²) in [5.41, 5.74) is 0. The molecule has 0 aromatic heterocycles. The molecule has 2 aliphatic heterocycles. The Hall–Kier alpha value is -0.420. The van der Waals surface area contributed by atoms with Crippen molar-refractivity contribution in [2.75, 3.05) is 6.54 Å². The Kier molecular flexibility index (Phi) is 1.21. The fourth-order valence-corrected chi connectivity index (χ4v) is 4.93. The minimum absolute atomic E-state index is 0.0231. The zero-order valence-corrected chi connectivity index (χ0v) is 8.01. The van der Waals surface area contributed by atoms with Crippen LogP contribution in [0.1, 0.15) is 25.7 Å². The summed E-state index contributed by atoms with van der Waals surface area (Å²) in [5, 5.41) is 0. The van der Waals surface area contributed by atoms with Crippen molar-refractivity contribution in [3.8, 4) is 0 Å². The van der Waals surface area contributed by atoms with Gasteiger partial charge in [-0.15, -0.1) is 0 Å². The number of rotatable bonds is 0. The monoisotopic (exact) mass is 201 g/mol. The Labute approximate surface area is 77.0 Å². The van der Waals surface area contributed by atoms with Crippen molar-refractivity contribution in [1.29, 1.82) is 0 Å². The van der Waals surface area contributed by atoms with Gasteiger partial charge in [-0.2, -0.15) is 4.31 Å². The molecule has 0 amide bonds. The van der Waals surface area contributed by atoms with E-state index < -0.39 is 14.8 Å². The lowest BCUT2D eigenvalue weighted by Gasteiger charge is -2.11. The van der Waals surface area contributed by atoms with Gasteiger partial charge in [0.2, 0.25) is 10.0 Å². The molecule has 2 saturated heterocycles. The van der Waals surface area contributed by atoms with E-state index in [9.17, 15) is 13.2 Å². The summed E-state index contributed by atoms with van der Waals surface area (Å²) >= 11 is 0. The average Bonchev–Trinajstić information content (AvgIpc) is 2.72. The van der Waals surface area contributed by atoms with E-state index in [1.807, 2.05) is 0 Å². The van der Waals surface area contributed by atoms with Crippen LogP contribution in [-0.4, -0.2) is 35.8 Å². The minimum Gasteiger partial charge on any atom is -0.296 e. The number of hydrogen-bond acceptors (Lipinski definition) is 3. The first-order chi connectivity index (χ1) is 6.09. The zero-order valence-electron chi connectivity index (χ0n) is 7.19. The molecule has 0 bridgehead atoms. The smallest absolute Gasteiger partial charge is 0.227 e. The largest absolute Gasteiger partial charge is 0.296 e. The summed E-state index contributed by atoms with van der Waals surface area (Å²) in [6.45, 7) is 0.556. The molecule has 2 heterocycles. The molecule has 0 N–H and O–H groups in total. The second kappa shape index (κ2) is 1.98. The van der Waals surface area contributed by atoms with Crippen LogP contribution in [-0.2, 0) is 14.8 Å². The number of carbonyl (C=O) groups is 1. The van der Waals surface area contributed by atoms with Crippen molar-refractivity contribution in [3.63, 3.8) is 0 Å². The summed E-state index contributed by atoms with van der Waals surface area (Å²) in [6.07, 6.45) is 2.69. The Bertz CT molecular complexity index is 382. The van der Waals surface area contributed by atoms with Crippen LogP contribution in [0.4, 0.5) is 0 Å². The number of Topliss-reactive ketones (excluding diaryl/α,β-unsaturated/α-hetero) is 1. The van der Waals surface area contributed by atoms with Crippen LogP contribution in [0.3, 0.4) is 0 Å². The van der Waals surface area contributed by atoms with E-state index in [4.69, 9.17) is 0 Å². The Morgan fingerprint density at radius 2 is 2.08 bits per heavy atom. The maximum atomic E-state index is 11.9. The minimum atomic E-state index is -3.26. The van der Waals surface area contributed by atoms with Crippen LogP contribution in [0, 0.1) is 0 Å². The van der Waals surface area contributed by atoms with Gasteiger partial charge < -0.3 is 0 Å². The lowest BCUT2D eigenvalue weighted by molar-refractivity contribution is -0.120. The lowest BCUT2D eigenvalue weighted by Crippen LogP contribution is -2.30. The van der Waals surface area contributed by atoms with Crippen LogP contribution in [0.5, 0.6) is 0 Å². The van der Waals surface area contributed by atoms with Crippen LogP contribution in [0.25, 0.3) is 0 Å². The van der Waals surface area contributed by atoms with E-state index >= 15 is 0 Å². The Balaban J connectivity index is 2.18. The Morgan fingerprint density at radius 3 is 2.62 bits per heavy atom. The van der Waals surface area contributed by atoms with Gasteiger partial charge in [-0.3, -0.25) is 4.79 Å². The van der Waals surface area contributed by atoms with Crippen molar-refractivity contribution in [1.82, 2.24) is 4.31 Å². The summed E-state index contributed by atoms with van der Waals surface area (Å²) in [5.74, 6) is -0.0231. The van der Waals surface area contributed by atoms with Crippen LogP contribution in [0.2, 0.25) is 0 Å². The highest BCUT2D eigenvalue weighted by atomic mass is 32.2. The van der Waals surface area contributed by atoms with E-state index in [2.05, 4.69) is 0 Å². The maximum absolute atomic E-state index is 11.9. The molecule has 0 aromatic rings. The molecule has 5 heteroatoms. The highest BCUT2D eigenvalue weighted by Crippen LogP contribution is 2.54. The van der Waals surface area contributed by atoms with Crippen LogP contribution in [0.15, 0.2) is 0 Å². The molecule has 1 spiro atoms. The molecule has 0 radical (unpaired) electrons. The zero-order chi connectivity index (χ0) is 9.27. The topological polar surface area (TPSA) is 54.5 Å². The van der Waals surface area contributed by atoms with E-state index in [-0.39, 0.29) is 11.8 Å². The highest BCUT2D eigenvalue weighted by molar-refractivity contribution is 7.92. The molecule has 3 rings (SSSR count). The highest BCUT2D eigenvalue weighted by Gasteiger charge is 2.71. The molecular weight excluding hydrogens is 190 g/mol. The molecule has 13 heavy (non-hydrogen) atoms. The van der Waals surface area contributed by atoms with Crippen molar-refractivity contribution >= 4 is 15.8 Å². The molecule has 1 saturated carbocycles. The molecule has 0 aromatic carbocycles. The molecule has 1 aliphatic carbocycles. The first-order valence-electron chi connectivity index (χ1n) is 4.65. The third-order valence-electron chi connectivity index (χ3n) is 3.46. The van der Waals surface area contributed by atoms with Crippen LogP contribution < -0.4 is 0 Å². The van der Waals surface area contributed by atoms with E-state index in [0.29, 0.717) is 19.4 Å². The predicted octanol–water partition coefficient (Wildman–Crippen LogP) is -0.104.